The Hall–Kier alpha value is -2.87. The van der Waals surface area contributed by atoms with Crippen molar-refractivity contribution in [3.05, 3.63) is 70.0 Å². The molecule has 0 spiro atoms. The van der Waals surface area contributed by atoms with Gasteiger partial charge in [-0.25, -0.2) is 4.39 Å². The van der Waals surface area contributed by atoms with Gasteiger partial charge in [0.15, 0.2) is 5.11 Å². The summed E-state index contributed by atoms with van der Waals surface area (Å²) >= 11 is 4.98. The maximum Gasteiger partial charge on any atom is 0.269 e. The SMILES string of the molecule is O=C(Cc1ccccc1F)NC(=S)Nc1ccc([N+](=O)[O-])cc1. The van der Waals surface area contributed by atoms with Gasteiger partial charge in [0.2, 0.25) is 5.91 Å². The van der Waals surface area contributed by atoms with E-state index in [4.69, 9.17) is 12.2 Å². The summed E-state index contributed by atoms with van der Waals surface area (Å²) in [4.78, 5) is 21.9. The average Bonchev–Trinajstić information content (AvgIpc) is 2.50. The number of nitrogens with one attached hydrogen (secondary N) is 2. The fourth-order valence-corrected chi connectivity index (χ4v) is 2.05. The molecule has 1 amide bonds. The van der Waals surface area contributed by atoms with E-state index < -0.39 is 16.6 Å². The molecule has 0 saturated heterocycles. The predicted molar refractivity (Wildman–Crippen MR) is 87.6 cm³/mol. The number of amides is 1. The van der Waals surface area contributed by atoms with E-state index in [-0.39, 0.29) is 22.8 Å². The summed E-state index contributed by atoms with van der Waals surface area (Å²) in [5, 5.41) is 15.7. The highest BCUT2D eigenvalue weighted by Gasteiger charge is 2.10. The van der Waals surface area contributed by atoms with Crippen molar-refractivity contribution in [2.45, 2.75) is 6.42 Å². The lowest BCUT2D eigenvalue weighted by Crippen LogP contribution is -2.35. The Balaban J connectivity index is 1.90. The number of carbonyl (C=O) groups excluding carboxylic acids is 1. The van der Waals surface area contributed by atoms with Gasteiger partial charge in [0, 0.05) is 17.8 Å². The standard InChI is InChI=1S/C15H12FN3O3S/c16-13-4-2-1-3-10(13)9-14(20)18-15(23)17-11-5-7-12(8-6-11)19(21)22/h1-8H,9H2,(H2,17,18,20,23). The van der Waals surface area contributed by atoms with Gasteiger partial charge >= 0.3 is 0 Å². The lowest BCUT2D eigenvalue weighted by atomic mass is 10.1. The second kappa shape index (κ2) is 7.41. The van der Waals surface area contributed by atoms with E-state index in [2.05, 4.69) is 10.6 Å². The first-order valence-electron chi connectivity index (χ1n) is 6.54. The molecule has 23 heavy (non-hydrogen) atoms. The van der Waals surface area contributed by atoms with Crippen molar-refractivity contribution in [1.82, 2.24) is 5.32 Å². The highest BCUT2D eigenvalue weighted by Crippen LogP contribution is 2.15. The van der Waals surface area contributed by atoms with Crippen molar-refractivity contribution >= 4 is 34.6 Å². The van der Waals surface area contributed by atoms with Crippen LogP contribution >= 0.6 is 12.2 Å². The lowest BCUT2D eigenvalue weighted by Gasteiger charge is -2.09. The minimum Gasteiger partial charge on any atom is -0.332 e. The molecule has 6 nitrogen and oxygen atoms in total. The predicted octanol–water partition coefficient (Wildman–Crippen LogP) is 2.79. The van der Waals surface area contributed by atoms with Crippen LogP contribution in [0, 0.1) is 15.9 Å². The molecule has 0 unspecified atom stereocenters. The number of hydrogen-bond acceptors (Lipinski definition) is 4. The molecule has 0 bridgehead atoms. The maximum absolute atomic E-state index is 13.5. The number of hydrogen-bond donors (Lipinski definition) is 2. The summed E-state index contributed by atoms with van der Waals surface area (Å²) in [7, 11) is 0. The Bertz CT molecular complexity index is 750. The van der Waals surface area contributed by atoms with Gasteiger partial charge in [0.25, 0.3) is 5.69 Å². The van der Waals surface area contributed by atoms with Crippen LogP contribution in [0.1, 0.15) is 5.56 Å². The number of nitro groups is 1. The third-order valence-corrected chi connectivity index (χ3v) is 3.10. The van der Waals surface area contributed by atoms with Crippen molar-refractivity contribution < 1.29 is 14.1 Å². The highest BCUT2D eigenvalue weighted by molar-refractivity contribution is 7.80. The fourth-order valence-electron chi connectivity index (χ4n) is 1.81. The zero-order chi connectivity index (χ0) is 16.8. The summed E-state index contributed by atoms with van der Waals surface area (Å²) in [5.41, 5.74) is 0.708. The molecular weight excluding hydrogens is 321 g/mol. The van der Waals surface area contributed by atoms with Gasteiger partial charge in [-0.1, -0.05) is 18.2 Å². The molecule has 0 atom stereocenters. The Labute approximate surface area is 136 Å². The van der Waals surface area contributed by atoms with Crippen molar-refractivity contribution in [3.8, 4) is 0 Å². The summed E-state index contributed by atoms with van der Waals surface area (Å²) < 4.78 is 13.5. The number of halogens is 1. The topological polar surface area (TPSA) is 84.3 Å². The molecule has 0 aliphatic rings. The van der Waals surface area contributed by atoms with Gasteiger partial charge in [-0.3, -0.25) is 14.9 Å². The molecule has 0 fully saturated rings. The van der Waals surface area contributed by atoms with Crippen LogP contribution in [-0.4, -0.2) is 15.9 Å². The van der Waals surface area contributed by atoms with E-state index in [0.29, 0.717) is 5.69 Å². The molecule has 2 aromatic carbocycles. The zero-order valence-corrected chi connectivity index (χ0v) is 12.6. The molecule has 2 N–H and O–H groups in total. The Morgan fingerprint density at radius 1 is 1.17 bits per heavy atom. The number of anilines is 1. The van der Waals surface area contributed by atoms with Gasteiger partial charge in [0.05, 0.1) is 11.3 Å². The van der Waals surface area contributed by atoms with Crippen molar-refractivity contribution in [2.75, 3.05) is 5.32 Å². The first-order valence-corrected chi connectivity index (χ1v) is 6.95. The molecule has 0 saturated carbocycles. The van der Waals surface area contributed by atoms with Crippen LogP contribution in [0.25, 0.3) is 0 Å². The van der Waals surface area contributed by atoms with Gasteiger partial charge < -0.3 is 10.6 Å². The first kappa shape index (κ1) is 16.5. The molecule has 8 heteroatoms. The number of non-ortho nitro benzene ring substituents is 1. The number of nitrogens with zero attached hydrogens (tertiary/aromatic N) is 1. The molecule has 2 aromatic rings. The van der Waals surface area contributed by atoms with Crippen molar-refractivity contribution in [3.63, 3.8) is 0 Å². The van der Waals surface area contributed by atoms with Gasteiger partial charge in [-0.15, -0.1) is 0 Å². The number of rotatable bonds is 4. The van der Waals surface area contributed by atoms with Crippen LogP contribution in [-0.2, 0) is 11.2 Å². The third kappa shape index (κ3) is 4.82. The second-order valence-electron chi connectivity index (χ2n) is 4.57. The minimum atomic E-state index is -0.516. The summed E-state index contributed by atoms with van der Waals surface area (Å²) in [5.74, 6) is -0.925. The summed E-state index contributed by atoms with van der Waals surface area (Å²) in [6.07, 6.45) is -0.144. The van der Waals surface area contributed by atoms with Crippen LogP contribution in [0.2, 0.25) is 0 Å². The number of carbonyl (C=O) groups is 1. The molecule has 0 aliphatic carbocycles. The summed E-state index contributed by atoms with van der Waals surface area (Å²) in [6, 6.07) is 11.5. The molecule has 0 aliphatic heterocycles. The van der Waals surface area contributed by atoms with Crippen molar-refractivity contribution in [1.29, 1.82) is 0 Å². The number of nitro benzene ring substituents is 1. The van der Waals surface area contributed by atoms with Crippen LogP contribution in [0.4, 0.5) is 15.8 Å². The van der Waals surface area contributed by atoms with E-state index in [1.807, 2.05) is 0 Å². The maximum atomic E-state index is 13.5. The first-order chi connectivity index (χ1) is 11.0. The Morgan fingerprint density at radius 3 is 2.43 bits per heavy atom. The smallest absolute Gasteiger partial charge is 0.269 e. The van der Waals surface area contributed by atoms with E-state index in [9.17, 15) is 19.3 Å². The molecule has 0 heterocycles. The minimum absolute atomic E-state index is 0.0280. The molecule has 118 valence electrons. The van der Waals surface area contributed by atoms with E-state index in [1.165, 1.54) is 42.5 Å². The Kier molecular flexibility index (Phi) is 5.32. The van der Waals surface area contributed by atoms with Crippen LogP contribution in [0.15, 0.2) is 48.5 Å². The average molecular weight is 333 g/mol. The Morgan fingerprint density at radius 2 is 1.83 bits per heavy atom. The van der Waals surface area contributed by atoms with Gasteiger partial charge in [-0.05, 0) is 36.0 Å². The molecule has 0 aromatic heterocycles. The third-order valence-electron chi connectivity index (χ3n) is 2.90. The zero-order valence-electron chi connectivity index (χ0n) is 11.8. The molecular formula is C15H12FN3O3S. The quantitative estimate of drug-likeness (QED) is 0.511. The molecule has 0 radical (unpaired) electrons. The lowest BCUT2D eigenvalue weighted by molar-refractivity contribution is -0.384. The van der Waals surface area contributed by atoms with E-state index >= 15 is 0 Å². The summed E-state index contributed by atoms with van der Waals surface area (Å²) in [6.45, 7) is 0. The second-order valence-corrected chi connectivity index (χ2v) is 4.98. The van der Waals surface area contributed by atoms with Crippen LogP contribution in [0.3, 0.4) is 0 Å². The van der Waals surface area contributed by atoms with E-state index in [1.54, 1.807) is 6.07 Å². The van der Waals surface area contributed by atoms with Crippen LogP contribution < -0.4 is 10.6 Å². The fraction of sp³-hybridized carbons (Fsp3) is 0.0667. The number of benzene rings is 2. The largest absolute Gasteiger partial charge is 0.332 e. The van der Waals surface area contributed by atoms with Gasteiger partial charge in [-0.2, -0.15) is 0 Å². The number of thiocarbonyl (C=S) groups is 1. The normalized spacial score (nSPS) is 9.96. The van der Waals surface area contributed by atoms with Crippen LogP contribution in [0.5, 0.6) is 0 Å². The monoisotopic (exact) mass is 333 g/mol. The van der Waals surface area contributed by atoms with Crippen molar-refractivity contribution in [2.24, 2.45) is 0 Å². The van der Waals surface area contributed by atoms with Gasteiger partial charge in [0.1, 0.15) is 5.82 Å². The molecule has 2 rings (SSSR count). The highest BCUT2D eigenvalue weighted by atomic mass is 32.1. The van der Waals surface area contributed by atoms with E-state index in [0.717, 1.165) is 0 Å².